The number of aliphatic hydroxyl groups is 2. The molecular formula is C8H14O8S. The molecule has 0 aliphatic rings. The predicted molar refractivity (Wildman–Crippen MR) is 55.3 cm³/mol. The molecule has 3 N–H and O–H groups in total. The minimum absolute atomic E-state index is 0.146. The molecule has 1 atom stereocenters. The Morgan fingerprint density at radius 1 is 1.47 bits per heavy atom. The first kappa shape index (κ1) is 16.0. The number of carbonyl (C=O) groups excluding carboxylic acids is 1. The van der Waals surface area contributed by atoms with Gasteiger partial charge in [0.25, 0.3) is 10.1 Å². The highest BCUT2D eigenvalue weighted by atomic mass is 32.2. The molecule has 0 heterocycles. The predicted octanol–water partition coefficient (Wildman–Crippen LogP) is -1.35. The van der Waals surface area contributed by atoms with Crippen LogP contribution < -0.4 is 0 Å². The van der Waals surface area contributed by atoms with Gasteiger partial charge in [0.1, 0.15) is 6.61 Å². The molecule has 0 aliphatic heterocycles. The summed E-state index contributed by atoms with van der Waals surface area (Å²) in [4.78, 5) is 10.8. The molecule has 0 amide bonds. The smallest absolute Gasteiger partial charge is 0.351 e. The molecule has 0 aromatic rings. The van der Waals surface area contributed by atoms with E-state index in [9.17, 15) is 18.3 Å². The molecule has 0 aliphatic carbocycles. The van der Waals surface area contributed by atoms with Gasteiger partial charge in [-0.3, -0.25) is 4.55 Å². The molecule has 0 rings (SSSR count). The number of rotatable bonds is 8. The van der Waals surface area contributed by atoms with Gasteiger partial charge in [-0.15, -0.1) is 0 Å². The van der Waals surface area contributed by atoms with Crippen LogP contribution in [-0.4, -0.2) is 54.1 Å². The van der Waals surface area contributed by atoms with E-state index in [1.807, 2.05) is 0 Å². The van der Waals surface area contributed by atoms with E-state index in [2.05, 4.69) is 16.1 Å². The second-order valence-corrected chi connectivity index (χ2v) is 4.56. The zero-order chi connectivity index (χ0) is 13.5. The van der Waals surface area contributed by atoms with Crippen LogP contribution in [0, 0.1) is 0 Å². The molecule has 0 spiro atoms. The molecule has 17 heavy (non-hydrogen) atoms. The van der Waals surface area contributed by atoms with Crippen molar-refractivity contribution >= 4 is 16.1 Å². The third-order valence-corrected chi connectivity index (χ3v) is 2.31. The molecule has 100 valence electrons. The van der Waals surface area contributed by atoms with Crippen LogP contribution in [0.2, 0.25) is 0 Å². The second kappa shape index (κ2) is 6.67. The summed E-state index contributed by atoms with van der Waals surface area (Å²) in [5.41, 5.74) is 0. The summed E-state index contributed by atoms with van der Waals surface area (Å²) in [5.74, 6) is -4.15. The molecule has 1 unspecified atom stereocenters. The summed E-state index contributed by atoms with van der Waals surface area (Å²) >= 11 is 0. The van der Waals surface area contributed by atoms with Crippen molar-refractivity contribution < 1.29 is 37.5 Å². The van der Waals surface area contributed by atoms with E-state index < -0.39 is 34.4 Å². The lowest BCUT2D eigenvalue weighted by Gasteiger charge is -2.24. The third kappa shape index (κ3) is 7.82. The summed E-state index contributed by atoms with van der Waals surface area (Å²) < 4.78 is 37.9. The lowest BCUT2D eigenvalue weighted by atomic mass is 10.5. The van der Waals surface area contributed by atoms with E-state index in [1.165, 1.54) is 0 Å². The van der Waals surface area contributed by atoms with Crippen molar-refractivity contribution in [3.8, 4) is 0 Å². The molecule has 0 bridgehead atoms. The van der Waals surface area contributed by atoms with E-state index in [4.69, 9.17) is 9.66 Å². The van der Waals surface area contributed by atoms with E-state index in [0.717, 1.165) is 6.08 Å². The van der Waals surface area contributed by atoms with E-state index in [1.54, 1.807) is 0 Å². The largest absolute Gasteiger partial charge is 0.403 e. The Hall–Kier alpha value is -1.00. The Morgan fingerprint density at radius 3 is 2.47 bits per heavy atom. The fourth-order valence-corrected chi connectivity index (χ4v) is 1.26. The molecule has 0 saturated heterocycles. The number of carbonyl (C=O) groups is 1. The van der Waals surface area contributed by atoms with Gasteiger partial charge in [0.15, 0.2) is 0 Å². The molecular weight excluding hydrogens is 256 g/mol. The number of esters is 1. The first-order valence-corrected chi connectivity index (χ1v) is 6.11. The quantitative estimate of drug-likeness (QED) is 0.162. The van der Waals surface area contributed by atoms with Crippen LogP contribution in [0.15, 0.2) is 12.7 Å². The van der Waals surface area contributed by atoms with Gasteiger partial charge in [-0.2, -0.15) is 8.42 Å². The standard InChI is InChI=1S/C8H14O8S/c1-2-7(10)16-8(11,6-9)15-4-3-5-17(12,13)14/h2,9,11H,1,3-6H2,(H,12,13,14). The molecule has 0 aromatic carbocycles. The van der Waals surface area contributed by atoms with Gasteiger partial charge in [-0.1, -0.05) is 6.58 Å². The van der Waals surface area contributed by atoms with Crippen molar-refractivity contribution in [2.75, 3.05) is 19.0 Å². The second-order valence-electron chi connectivity index (χ2n) is 2.98. The summed E-state index contributed by atoms with van der Waals surface area (Å²) in [5, 5.41) is 18.1. The monoisotopic (exact) mass is 270 g/mol. The zero-order valence-corrected chi connectivity index (χ0v) is 9.72. The number of hydrogen-bond donors (Lipinski definition) is 3. The fraction of sp³-hybridized carbons (Fsp3) is 0.625. The van der Waals surface area contributed by atoms with Crippen LogP contribution in [0.4, 0.5) is 0 Å². The normalized spacial score (nSPS) is 15.0. The first-order valence-electron chi connectivity index (χ1n) is 4.50. The maximum absolute atomic E-state index is 10.8. The number of aliphatic hydroxyl groups excluding tert-OH is 1. The minimum Gasteiger partial charge on any atom is -0.403 e. The Labute approximate surface area is 98.2 Å². The van der Waals surface area contributed by atoms with E-state index in [0.29, 0.717) is 0 Å². The highest BCUT2D eigenvalue weighted by Crippen LogP contribution is 2.09. The summed E-state index contributed by atoms with van der Waals surface area (Å²) in [6.07, 6.45) is 0.606. The van der Waals surface area contributed by atoms with Crippen molar-refractivity contribution in [1.29, 1.82) is 0 Å². The van der Waals surface area contributed by atoms with Crippen molar-refractivity contribution in [1.82, 2.24) is 0 Å². The Morgan fingerprint density at radius 2 is 2.06 bits per heavy atom. The van der Waals surface area contributed by atoms with Crippen molar-refractivity contribution in [2.45, 2.75) is 12.4 Å². The highest BCUT2D eigenvalue weighted by Gasteiger charge is 2.31. The topological polar surface area (TPSA) is 130 Å². The van der Waals surface area contributed by atoms with Crippen molar-refractivity contribution in [3.05, 3.63) is 12.7 Å². The van der Waals surface area contributed by atoms with Crippen molar-refractivity contribution in [2.24, 2.45) is 0 Å². The molecule has 9 heteroatoms. The number of hydrogen-bond acceptors (Lipinski definition) is 7. The maximum atomic E-state index is 10.8. The van der Waals surface area contributed by atoms with Crippen LogP contribution in [0.5, 0.6) is 0 Å². The lowest BCUT2D eigenvalue weighted by Crippen LogP contribution is -2.41. The van der Waals surface area contributed by atoms with Crippen LogP contribution in [0.25, 0.3) is 0 Å². The Balaban J connectivity index is 4.12. The average molecular weight is 270 g/mol. The average Bonchev–Trinajstić information content (AvgIpc) is 2.23. The van der Waals surface area contributed by atoms with Crippen LogP contribution in [0.3, 0.4) is 0 Å². The van der Waals surface area contributed by atoms with Crippen LogP contribution in [-0.2, 0) is 24.4 Å². The number of ether oxygens (including phenoxy) is 2. The van der Waals surface area contributed by atoms with Gasteiger partial charge in [0.2, 0.25) is 0 Å². The van der Waals surface area contributed by atoms with Gasteiger partial charge in [0.05, 0.1) is 12.4 Å². The lowest BCUT2D eigenvalue weighted by molar-refractivity contribution is -0.352. The van der Waals surface area contributed by atoms with Gasteiger partial charge >= 0.3 is 11.9 Å². The third-order valence-electron chi connectivity index (χ3n) is 1.50. The maximum Gasteiger partial charge on any atom is 0.351 e. The summed E-state index contributed by atoms with van der Waals surface area (Å²) in [7, 11) is -4.12. The van der Waals surface area contributed by atoms with Crippen molar-refractivity contribution in [3.63, 3.8) is 0 Å². The SMILES string of the molecule is C=CC(=O)OC(O)(CO)OCCCS(=O)(=O)O. The van der Waals surface area contributed by atoms with Gasteiger partial charge in [0, 0.05) is 6.08 Å². The van der Waals surface area contributed by atoms with Gasteiger partial charge in [-0.05, 0) is 6.42 Å². The van der Waals surface area contributed by atoms with E-state index in [-0.39, 0.29) is 13.0 Å². The van der Waals surface area contributed by atoms with Crippen LogP contribution >= 0.6 is 0 Å². The minimum atomic E-state index is -4.12. The zero-order valence-electron chi connectivity index (χ0n) is 8.90. The van der Waals surface area contributed by atoms with Gasteiger partial charge in [-0.25, -0.2) is 4.79 Å². The Bertz CT molecular complexity index is 362. The Kier molecular flexibility index (Phi) is 6.27. The molecule has 8 nitrogen and oxygen atoms in total. The van der Waals surface area contributed by atoms with E-state index >= 15 is 0 Å². The fourth-order valence-electron chi connectivity index (χ4n) is 0.779. The first-order chi connectivity index (χ1) is 7.72. The highest BCUT2D eigenvalue weighted by molar-refractivity contribution is 7.85. The van der Waals surface area contributed by atoms with Gasteiger partial charge < -0.3 is 19.7 Å². The van der Waals surface area contributed by atoms with Crippen LogP contribution in [0.1, 0.15) is 6.42 Å². The molecule has 0 fully saturated rings. The summed E-state index contributed by atoms with van der Waals surface area (Å²) in [6.45, 7) is 1.70. The summed E-state index contributed by atoms with van der Waals surface area (Å²) in [6, 6.07) is 0. The molecule has 0 radical (unpaired) electrons. The molecule has 0 aromatic heterocycles. The molecule has 0 saturated carbocycles.